The van der Waals surface area contributed by atoms with E-state index < -0.39 is 12.0 Å². The van der Waals surface area contributed by atoms with Crippen molar-refractivity contribution in [1.29, 1.82) is 0 Å². The summed E-state index contributed by atoms with van der Waals surface area (Å²) in [7, 11) is 1.30. The van der Waals surface area contributed by atoms with Gasteiger partial charge < -0.3 is 10.1 Å². The number of aromatic nitrogens is 4. The molecule has 26 heavy (non-hydrogen) atoms. The van der Waals surface area contributed by atoms with Gasteiger partial charge in [0.25, 0.3) is 0 Å². The average Bonchev–Trinajstić information content (AvgIpc) is 3.08. The Morgan fingerprint density at radius 2 is 1.92 bits per heavy atom. The number of esters is 1. The predicted molar refractivity (Wildman–Crippen MR) is 96.0 cm³/mol. The summed E-state index contributed by atoms with van der Waals surface area (Å²) < 4.78 is 4.74. The largest absolute Gasteiger partial charge is 0.467 e. The lowest BCUT2D eigenvalue weighted by Gasteiger charge is -2.17. The number of hydrogen-bond acceptors (Lipinski definition) is 6. The molecule has 2 aromatic rings. The molecule has 1 atom stereocenters. The summed E-state index contributed by atoms with van der Waals surface area (Å²) in [6.07, 6.45) is 1.45. The summed E-state index contributed by atoms with van der Waals surface area (Å²) in [6, 6.07) is 7.19. The Bertz CT molecular complexity index is 740. The molecule has 1 heterocycles. The van der Waals surface area contributed by atoms with Gasteiger partial charge in [0.2, 0.25) is 11.7 Å². The fourth-order valence-electron chi connectivity index (χ4n) is 2.51. The first kappa shape index (κ1) is 19.6. The van der Waals surface area contributed by atoms with Crippen LogP contribution in [0.2, 0.25) is 0 Å². The van der Waals surface area contributed by atoms with E-state index in [2.05, 4.69) is 27.7 Å². The number of carbonyl (C=O) groups is 2. The molecule has 8 nitrogen and oxygen atoms in total. The highest BCUT2D eigenvalue weighted by atomic mass is 16.5. The van der Waals surface area contributed by atoms with Crippen LogP contribution >= 0.6 is 0 Å². The highest BCUT2D eigenvalue weighted by Gasteiger charge is 2.23. The molecule has 140 valence electrons. The van der Waals surface area contributed by atoms with Crippen LogP contribution in [0, 0.1) is 5.92 Å². The Balaban J connectivity index is 2.00. The van der Waals surface area contributed by atoms with Gasteiger partial charge in [-0.2, -0.15) is 4.80 Å². The Kier molecular flexibility index (Phi) is 6.82. The average molecular weight is 359 g/mol. The topological polar surface area (TPSA) is 99.0 Å². The molecule has 1 aromatic heterocycles. The van der Waals surface area contributed by atoms with Crippen molar-refractivity contribution in [2.45, 2.75) is 46.2 Å². The molecule has 8 heteroatoms. The smallest absolute Gasteiger partial charge is 0.328 e. The number of tetrazole rings is 1. The molecule has 0 spiro atoms. The van der Waals surface area contributed by atoms with E-state index in [1.165, 1.54) is 17.5 Å². The quantitative estimate of drug-likeness (QED) is 0.719. The van der Waals surface area contributed by atoms with E-state index in [0.29, 0.717) is 12.2 Å². The van der Waals surface area contributed by atoms with Gasteiger partial charge in [0.1, 0.15) is 12.6 Å². The van der Waals surface area contributed by atoms with Crippen LogP contribution in [0.15, 0.2) is 24.3 Å². The van der Waals surface area contributed by atoms with Crippen LogP contribution in [-0.2, 0) is 27.3 Å². The normalized spacial score (nSPS) is 12.0. The van der Waals surface area contributed by atoms with E-state index in [1.807, 2.05) is 38.1 Å². The fraction of sp³-hybridized carbons (Fsp3) is 0.500. The molecule has 1 aromatic carbocycles. The molecule has 0 fully saturated rings. The number of hydrogen-bond donors (Lipinski definition) is 1. The zero-order chi connectivity index (χ0) is 19.1. The third kappa shape index (κ3) is 5.37. The van der Waals surface area contributed by atoms with Gasteiger partial charge in [-0.3, -0.25) is 4.79 Å². The lowest BCUT2D eigenvalue weighted by atomic mass is 10.0. The zero-order valence-electron chi connectivity index (χ0n) is 15.6. The zero-order valence-corrected chi connectivity index (χ0v) is 15.6. The molecule has 0 aliphatic rings. The Labute approximate surface area is 152 Å². The van der Waals surface area contributed by atoms with Crippen LogP contribution in [0.5, 0.6) is 0 Å². The molecular formula is C18H25N5O3. The second kappa shape index (κ2) is 9.07. The number of benzene rings is 1. The van der Waals surface area contributed by atoms with Gasteiger partial charge in [-0.05, 0) is 29.5 Å². The third-order valence-electron chi connectivity index (χ3n) is 3.89. The van der Waals surface area contributed by atoms with Crippen molar-refractivity contribution in [3.8, 4) is 11.4 Å². The maximum atomic E-state index is 12.2. The van der Waals surface area contributed by atoms with Crippen molar-refractivity contribution < 1.29 is 14.3 Å². The number of ether oxygens (including phenoxy) is 1. The highest BCUT2D eigenvalue weighted by molar-refractivity contribution is 5.84. The summed E-state index contributed by atoms with van der Waals surface area (Å²) in [4.78, 5) is 25.2. The molecule has 1 N–H and O–H groups in total. The minimum absolute atomic E-state index is 0.119. The van der Waals surface area contributed by atoms with Crippen LogP contribution in [-0.4, -0.2) is 45.2 Å². The maximum Gasteiger partial charge on any atom is 0.328 e. The summed E-state index contributed by atoms with van der Waals surface area (Å²) in [6.45, 7) is 5.91. The number of amides is 1. The van der Waals surface area contributed by atoms with E-state index in [0.717, 1.165) is 12.0 Å². The SMILES string of the molecule is CCc1ccc(-c2nnn(CC(=O)N[C@@H](CC(C)C)C(=O)OC)n2)cc1. The first-order valence-electron chi connectivity index (χ1n) is 8.67. The molecule has 1 amide bonds. The van der Waals surface area contributed by atoms with E-state index in [4.69, 9.17) is 4.74 Å². The van der Waals surface area contributed by atoms with Gasteiger partial charge in [-0.1, -0.05) is 45.0 Å². The molecule has 2 rings (SSSR count). The number of methoxy groups -OCH3 is 1. The highest BCUT2D eigenvalue weighted by Crippen LogP contribution is 2.14. The second-order valence-corrected chi connectivity index (χ2v) is 6.47. The number of carbonyl (C=O) groups excluding carboxylic acids is 2. The predicted octanol–water partition coefficient (Wildman–Crippen LogP) is 1.61. The van der Waals surface area contributed by atoms with Gasteiger partial charge in [-0.15, -0.1) is 10.2 Å². The molecule has 0 bridgehead atoms. The Morgan fingerprint density at radius 1 is 1.23 bits per heavy atom. The minimum Gasteiger partial charge on any atom is -0.467 e. The van der Waals surface area contributed by atoms with Crippen LogP contribution in [0.25, 0.3) is 11.4 Å². The minimum atomic E-state index is -0.683. The van der Waals surface area contributed by atoms with Gasteiger partial charge in [-0.25, -0.2) is 4.79 Å². The van der Waals surface area contributed by atoms with E-state index in [9.17, 15) is 9.59 Å². The van der Waals surface area contributed by atoms with Crippen molar-refractivity contribution in [2.75, 3.05) is 7.11 Å². The van der Waals surface area contributed by atoms with Gasteiger partial charge in [0.05, 0.1) is 7.11 Å². The van der Waals surface area contributed by atoms with E-state index in [-0.39, 0.29) is 18.4 Å². The molecular weight excluding hydrogens is 334 g/mol. The summed E-state index contributed by atoms with van der Waals surface area (Å²) in [5.41, 5.74) is 2.06. The first-order chi connectivity index (χ1) is 12.4. The van der Waals surface area contributed by atoms with Crippen molar-refractivity contribution >= 4 is 11.9 Å². The molecule has 0 radical (unpaired) electrons. The number of rotatable bonds is 8. The molecule has 0 saturated carbocycles. The number of nitrogens with zero attached hydrogens (tertiary/aromatic N) is 4. The monoisotopic (exact) mass is 359 g/mol. The van der Waals surface area contributed by atoms with Gasteiger partial charge in [0.15, 0.2) is 0 Å². The van der Waals surface area contributed by atoms with E-state index in [1.54, 1.807) is 0 Å². The standard InChI is InChI=1S/C18H25N5O3/c1-5-13-6-8-14(9-7-13)17-20-22-23(21-17)11-16(24)19-15(10-12(2)3)18(25)26-4/h6-9,12,15H,5,10-11H2,1-4H3,(H,19,24)/t15-/m0/s1. The number of nitrogens with one attached hydrogen (secondary N) is 1. The second-order valence-electron chi connectivity index (χ2n) is 6.47. The Morgan fingerprint density at radius 3 is 2.50 bits per heavy atom. The molecule has 0 aliphatic heterocycles. The van der Waals surface area contributed by atoms with Crippen LogP contribution in [0.4, 0.5) is 0 Å². The molecule has 0 unspecified atom stereocenters. The molecule has 0 aliphatic carbocycles. The number of aryl methyl sites for hydroxylation is 1. The van der Waals surface area contributed by atoms with Crippen molar-refractivity contribution in [1.82, 2.24) is 25.5 Å². The van der Waals surface area contributed by atoms with Gasteiger partial charge >= 0.3 is 5.97 Å². The third-order valence-corrected chi connectivity index (χ3v) is 3.89. The van der Waals surface area contributed by atoms with Crippen LogP contribution < -0.4 is 5.32 Å². The molecule has 0 saturated heterocycles. The lowest BCUT2D eigenvalue weighted by molar-refractivity contribution is -0.145. The summed E-state index contributed by atoms with van der Waals surface area (Å²) in [5, 5.41) is 14.8. The lowest BCUT2D eigenvalue weighted by Crippen LogP contribution is -2.43. The van der Waals surface area contributed by atoms with E-state index >= 15 is 0 Å². The summed E-state index contributed by atoms with van der Waals surface area (Å²) >= 11 is 0. The van der Waals surface area contributed by atoms with Crippen molar-refractivity contribution in [3.05, 3.63) is 29.8 Å². The van der Waals surface area contributed by atoms with Crippen LogP contribution in [0.3, 0.4) is 0 Å². The Hall–Kier alpha value is -2.77. The fourth-order valence-corrected chi connectivity index (χ4v) is 2.51. The maximum absolute atomic E-state index is 12.2. The van der Waals surface area contributed by atoms with Crippen molar-refractivity contribution in [2.24, 2.45) is 5.92 Å². The van der Waals surface area contributed by atoms with Gasteiger partial charge in [0, 0.05) is 5.56 Å². The van der Waals surface area contributed by atoms with Crippen molar-refractivity contribution in [3.63, 3.8) is 0 Å². The summed E-state index contributed by atoms with van der Waals surface area (Å²) in [5.74, 6) is -0.143. The first-order valence-corrected chi connectivity index (χ1v) is 8.67. The van der Waals surface area contributed by atoms with Crippen LogP contribution in [0.1, 0.15) is 32.8 Å².